The summed E-state index contributed by atoms with van der Waals surface area (Å²) in [5.41, 5.74) is 6.38. The number of nitrogens with two attached hydrogens (primary N) is 1. The molecule has 1 aromatic rings. The number of aliphatic hydroxyl groups excluding tert-OH is 1. The van der Waals surface area contributed by atoms with Gasteiger partial charge in [0.05, 0.1) is 6.61 Å². The van der Waals surface area contributed by atoms with Crippen LogP contribution < -0.4 is 11.1 Å². The van der Waals surface area contributed by atoms with Crippen LogP contribution in [-0.4, -0.2) is 41.1 Å². The van der Waals surface area contributed by atoms with E-state index in [0.29, 0.717) is 5.56 Å². The number of amides is 2. The molecular formula is C15H20N2O3S. The summed E-state index contributed by atoms with van der Waals surface area (Å²) >= 11 is 1.51. The smallest absolute Gasteiger partial charge is 0.248 e. The third kappa shape index (κ3) is 5.61. The fourth-order valence-electron chi connectivity index (χ4n) is 1.73. The number of thioether (sulfide) groups is 1. The van der Waals surface area contributed by atoms with Crippen molar-refractivity contribution >= 4 is 29.7 Å². The van der Waals surface area contributed by atoms with E-state index in [1.165, 1.54) is 17.8 Å². The van der Waals surface area contributed by atoms with Gasteiger partial charge in [-0.1, -0.05) is 12.1 Å². The summed E-state index contributed by atoms with van der Waals surface area (Å²) in [6.45, 7) is 1.87. The molecule has 1 rings (SSSR count). The van der Waals surface area contributed by atoms with E-state index in [-0.39, 0.29) is 23.8 Å². The molecule has 0 aliphatic rings. The van der Waals surface area contributed by atoms with Crippen LogP contribution >= 0.6 is 11.8 Å². The summed E-state index contributed by atoms with van der Waals surface area (Å²) in [6, 6.07) is 6.52. The van der Waals surface area contributed by atoms with E-state index in [9.17, 15) is 9.59 Å². The van der Waals surface area contributed by atoms with Gasteiger partial charge in [-0.25, -0.2) is 0 Å². The Balaban J connectivity index is 2.59. The van der Waals surface area contributed by atoms with Crippen molar-refractivity contribution in [1.82, 2.24) is 5.32 Å². The van der Waals surface area contributed by atoms with Crippen molar-refractivity contribution in [2.75, 3.05) is 12.9 Å². The predicted molar refractivity (Wildman–Crippen MR) is 86.0 cm³/mol. The first-order valence-corrected chi connectivity index (χ1v) is 7.78. The molecule has 0 saturated heterocycles. The van der Waals surface area contributed by atoms with Crippen molar-refractivity contribution < 1.29 is 14.7 Å². The van der Waals surface area contributed by atoms with E-state index in [4.69, 9.17) is 10.8 Å². The number of nitrogens with one attached hydrogen (secondary N) is 1. The zero-order valence-corrected chi connectivity index (χ0v) is 12.9. The lowest BCUT2D eigenvalue weighted by Gasteiger charge is -2.20. The fourth-order valence-corrected chi connectivity index (χ4v) is 2.36. The Morgan fingerprint density at radius 1 is 1.38 bits per heavy atom. The van der Waals surface area contributed by atoms with Crippen molar-refractivity contribution in [3.05, 3.63) is 41.5 Å². The second-order valence-electron chi connectivity index (χ2n) is 4.57. The van der Waals surface area contributed by atoms with Crippen LogP contribution in [-0.2, 0) is 4.79 Å². The Bertz CT molecular complexity index is 510. The molecule has 2 unspecified atom stereocenters. The highest BCUT2D eigenvalue weighted by molar-refractivity contribution is 7.99. The first-order chi connectivity index (χ1) is 9.97. The molecule has 0 saturated carbocycles. The van der Waals surface area contributed by atoms with E-state index in [1.54, 1.807) is 30.3 Å². The van der Waals surface area contributed by atoms with Crippen LogP contribution in [0.3, 0.4) is 0 Å². The average Bonchev–Trinajstić information content (AvgIpc) is 2.46. The highest BCUT2D eigenvalue weighted by atomic mass is 32.2. The average molecular weight is 308 g/mol. The van der Waals surface area contributed by atoms with E-state index in [1.807, 2.05) is 13.2 Å². The molecule has 4 N–H and O–H groups in total. The van der Waals surface area contributed by atoms with Gasteiger partial charge in [0.1, 0.15) is 0 Å². The first kappa shape index (κ1) is 17.3. The predicted octanol–water partition coefficient (Wildman–Crippen LogP) is 1.03. The maximum absolute atomic E-state index is 11.8. The number of hydrogen-bond donors (Lipinski definition) is 3. The molecule has 0 aliphatic heterocycles. The largest absolute Gasteiger partial charge is 0.395 e. The molecule has 0 spiro atoms. The summed E-state index contributed by atoms with van der Waals surface area (Å²) in [7, 11) is 0. The van der Waals surface area contributed by atoms with Crippen LogP contribution in [0.15, 0.2) is 30.3 Å². The molecule has 5 nitrogen and oxygen atoms in total. The van der Waals surface area contributed by atoms with Crippen LogP contribution in [0.1, 0.15) is 22.8 Å². The van der Waals surface area contributed by atoms with Crippen LogP contribution in [0.4, 0.5) is 0 Å². The van der Waals surface area contributed by atoms with Gasteiger partial charge >= 0.3 is 0 Å². The Morgan fingerprint density at radius 2 is 2.00 bits per heavy atom. The van der Waals surface area contributed by atoms with Gasteiger partial charge in [0.25, 0.3) is 0 Å². The summed E-state index contributed by atoms with van der Waals surface area (Å²) < 4.78 is 0. The lowest BCUT2D eigenvalue weighted by atomic mass is 10.1. The third-order valence-electron chi connectivity index (χ3n) is 3.03. The second-order valence-corrected chi connectivity index (χ2v) is 5.65. The van der Waals surface area contributed by atoms with Crippen molar-refractivity contribution in [1.29, 1.82) is 0 Å². The van der Waals surface area contributed by atoms with Crippen molar-refractivity contribution in [2.45, 2.75) is 18.2 Å². The Morgan fingerprint density at radius 3 is 2.48 bits per heavy atom. The van der Waals surface area contributed by atoms with Crippen LogP contribution in [0.2, 0.25) is 0 Å². The molecular weight excluding hydrogens is 288 g/mol. The molecule has 1 aromatic carbocycles. The molecule has 0 heterocycles. The Kier molecular flexibility index (Phi) is 6.98. The van der Waals surface area contributed by atoms with Crippen LogP contribution in [0.25, 0.3) is 6.08 Å². The van der Waals surface area contributed by atoms with E-state index >= 15 is 0 Å². The second kappa shape index (κ2) is 8.49. The van der Waals surface area contributed by atoms with E-state index in [0.717, 1.165) is 5.56 Å². The van der Waals surface area contributed by atoms with Crippen molar-refractivity contribution in [3.8, 4) is 0 Å². The van der Waals surface area contributed by atoms with Crippen LogP contribution in [0.5, 0.6) is 0 Å². The Labute approximate surface area is 128 Å². The quantitative estimate of drug-likeness (QED) is 0.656. The lowest BCUT2D eigenvalue weighted by Crippen LogP contribution is -2.40. The zero-order valence-electron chi connectivity index (χ0n) is 12.1. The molecule has 2 amide bonds. The Hall–Kier alpha value is -1.79. The topological polar surface area (TPSA) is 92.4 Å². The maximum atomic E-state index is 11.8. The van der Waals surface area contributed by atoms with Crippen molar-refractivity contribution in [3.63, 3.8) is 0 Å². The number of carbonyl (C=O) groups is 2. The summed E-state index contributed by atoms with van der Waals surface area (Å²) in [4.78, 5) is 22.7. The number of aliphatic hydroxyl groups is 1. The summed E-state index contributed by atoms with van der Waals surface area (Å²) in [6.07, 6.45) is 4.96. The minimum absolute atomic E-state index is 0.0148. The number of hydrogen-bond acceptors (Lipinski definition) is 4. The molecule has 0 aliphatic carbocycles. The molecule has 0 bridgehead atoms. The van der Waals surface area contributed by atoms with Gasteiger partial charge in [-0.05, 0) is 37.0 Å². The highest BCUT2D eigenvalue weighted by Gasteiger charge is 2.15. The third-order valence-corrected chi connectivity index (χ3v) is 4.20. The first-order valence-electron chi connectivity index (χ1n) is 6.50. The molecule has 114 valence electrons. The minimum atomic E-state index is -0.482. The van der Waals surface area contributed by atoms with Gasteiger partial charge in [-0.3, -0.25) is 9.59 Å². The van der Waals surface area contributed by atoms with Gasteiger partial charge in [0, 0.05) is 22.9 Å². The molecule has 0 aromatic heterocycles. The summed E-state index contributed by atoms with van der Waals surface area (Å²) in [5.74, 6) is -0.710. The standard InChI is InChI=1S/C15H20N2O3S/c1-10(13(9-18)21-2)17-14(19)8-5-11-3-6-12(7-4-11)15(16)20/h3-8,10,13,18H,9H2,1-2H3,(H2,16,20)(H,17,19)/b8-5+. The SMILES string of the molecule is CSC(CO)C(C)NC(=O)/C=C/c1ccc(C(N)=O)cc1. The number of benzene rings is 1. The lowest BCUT2D eigenvalue weighted by molar-refractivity contribution is -0.117. The normalized spacial score (nSPS) is 13.9. The molecule has 2 atom stereocenters. The number of primary amides is 1. The van der Waals surface area contributed by atoms with Gasteiger partial charge in [-0.15, -0.1) is 0 Å². The zero-order chi connectivity index (χ0) is 15.8. The summed E-state index contributed by atoms with van der Waals surface area (Å²) in [5, 5.41) is 11.9. The molecule has 6 heteroatoms. The highest BCUT2D eigenvalue weighted by Crippen LogP contribution is 2.10. The van der Waals surface area contributed by atoms with Gasteiger partial charge in [-0.2, -0.15) is 11.8 Å². The molecule has 0 fully saturated rings. The minimum Gasteiger partial charge on any atom is -0.395 e. The molecule has 0 radical (unpaired) electrons. The monoisotopic (exact) mass is 308 g/mol. The van der Waals surface area contributed by atoms with E-state index in [2.05, 4.69) is 5.32 Å². The van der Waals surface area contributed by atoms with E-state index < -0.39 is 5.91 Å². The fraction of sp³-hybridized carbons (Fsp3) is 0.333. The molecule has 21 heavy (non-hydrogen) atoms. The van der Waals surface area contributed by atoms with Crippen LogP contribution in [0, 0.1) is 0 Å². The van der Waals surface area contributed by atoms with Gasteiger partial charge in [0.2, 0.25) is 11.8 Å². The number of carbonyl (C=O) groups excluding carboxylic acids is 2. The van der Waals surface area contributed by atoms with Gasteiger partial charge in [0.15, 0.2) is 0 Å². The maximum Gasteiger partial charge on any atom is 0.248 e. The van der Waals surface area contributed by atoms with Crippen molar-refractivity contribution in [2.24, 2.45) is 5.73 Å². The van der Waals surface area contributed by atoms with Gasteiger partial charge < -0.3 is 16.2 Å². The number of rotatable bonds is 7.